The third kappa shape index (κ3) is 2.88. The first-order chi connectivity index (χ1) is 8.70. The molecule has 1 saturated heterocycles. The monoisotopic (exact) mass is 243 g/mol. The van der Waals surface area contributed by atoms with E-state index >= 15 is 0 Å². The number of carbonyl (C=O) groups is 1. The molecule has 1 amide bonds. The smallest absolute Gasteiger partial charge is 0.253 e. The average molecular weight is 243 g/mol. The molecular weight excluding hydrogens is 226 g/mol. The fourth-order valence-corrected chi connectivity index (χ4v) is 2.27. The van der Waals surface area contributed by atoms with Gasteiger partial charge in [0, 0.05) is 25.2 Å². The molecule has 1 aliphatic heterocycles. The summed E-state index contributed by atoms with van der Waals surface area (Å²) in [5.74, 6) is -0.0270. The SMILES string of the molecule is CN(CC1CCCN1)C(=O)c1cccc(C#N)c1. The zero-order valence-corrected chi connectivity index (χ0v) is 10.5. The highest BCUT2D eigenvalue weighted by molar-refractivity contribution is 5.94. The molecule has 1 aromatic carbocycles. The summed E-state index contributed by atoms with van der Waals surface area (Å²) in [4.78, 5) is 13.9. The summed E-state index contributed by atoms with van der Waals surface area (Å²) in [6, 6.07) is 9.29. The second-order valence-electron chi connectivity index (χ2n) is 4.67. The first-order valence-electron chi connectivity index (χ1n) is 6.19. The highest BCUT2D eigenvalue weighted by atomic mass is 16.2. The maximum Gasteiger partial charge on any atom is 0.253 e. The van der Waals surface area contributed by atoms with Gasteiger partial charge in [-0.3, -0.25) is 4.79 Å². The van der Waals surface area contributed by atoms with Crippen molar-refractivity contribution in [2.24, 2.45) is 0 Å². The summed E-state index contributed by atoms with van der Waals surface area (Å²) in [6.07, 6.45) is 2.30. The van der Waals surface area contributed by atoms with Crippen LogP contribution in [-0.2, 0) is 0 Å². The normalized spacial score (nSPS) is 18.3. The zero-order chi connectivity index (χ0) is 13.0. The van der Waals surface area contributed by atoms with E-state index in [1.165, 1.54) is 6.42 Å². The van der Waals surface area contributed by atoms with Crippen LogP contribution >= 0.6 is 0 Å². The zero-order valence-electron chi connectivity index (χ0n) is 10.5. The molecule has 0 radical (unpaired) electrons. The summed E-state index contributed by atoms with van der Waals surface area (Å²) >= 11 is 0. The number of rotatable bonds is 3. The van der Waals surface area contributed by atoms with Crippen molar-refractivity contribution in [3.8, 4) is 6.07 Å². The fraction of sp³-hybridized carbons (Fsp3) is 0.429. The Bertz CT molecular complexity index is 472. The van der Waals surface area contributed by atoms with Crippen molar-refractivity contribution in [2.45, 2.75) is 18.9 Å². The topological polar surface area (TPSA) is 56.1 Å². The molecular formula is C14H17N3O. The van der Waals surface area contributed by atoms with Crippen LogP contribution < -0.4 is 5.32 Å². The van der Waals surface area contributed by atoms with Crippen molar-refractivity contribution < 1.29 is 4.79 Å². The van der Waals surface area contributed by atoms with Crippen LogP contribution in [0.3, 0.4) is 0 Å². The van der Waals surface area contributed by atoms with Gasteiger partial charge in [0.2, 0.25) is 0 Å². The lowest BCUT2D eigenvalue weighted by Gasteiger charge is -2.21. The molecule has 1 aromatic rings. The maximum absolute atomic E-state index is 12.2. The molecule has 4 heteroatoms. The average Bonchev–Trinajstić information content (AvgIpc) is 2.90. The minimum absolute atomic E-state index is 0.0270. The van der Waals surface area contributed by atoms with E-state index < -0.39 is 0 Å². The summed E-state index contributed by atoms with van der Waals surface area (Å²) < 4.78 is 0. The lowest BCUT2D eigenvalue weighted by Crippen LogP contribution is -2.38. The summed E-state index contributed by atoms with van der Waals surface area (Å²) in [6.45, 7) is 1.76. The Hall–Kier alpha value is -1.86. The molecule has 4 nitrogen and oxygen atoms in total. The third-order valence-electron chi connectivity index (χ3n) is 3.24. The largest absolute Gasteiger partial charge is 0.340 e. The van der Waals surface area contributed by atoms with E-state index in [4.69, 9.17) is 5.26 Å². The van der Waals surface area contributed by atoms with E-state index in [-0.39, 0.29) is 5.91 Å². The molecule has 0 bridgehead atoms. The van der Waals surface area contributed by atoms with Crippen LogP contribution in [0.1, 0.15) is 28.8 Å². The molecule has 0 spiro atoms. The number of nitrogens with zero attached hydrogens (tertiary/aromatic N) is 2. The summed E-state index contributed by atoms with van der Waals surface area (Å²) in [7, 11) is 1.81. The van der Waals surface area contributed by atoms with E-state index in [0.29, 0.717) is 17.2 Å². The molecule has 1 fully saturated rings. The third-order valence-corrected chi connectivity index (χ3v) is 3.24. The highest BCUT2D eigenvalue weighted by Crippen LogP contribution is 2.10. The molecule has 1 heterocycles. The number of amides is 1. The molecule has 1 aliphatic rings. The molecule has 0 saturated carbocycles. The van der Waals surface area contributed by atoms with Crippen molar-refractivity contribution in [3.05, 3.63) is 35.4 Å². The molecule has 94 valence electrons. The van der Waals surface area contributed by atoms with E-state index in [1.807, 2.05) is 0 Å². The van der Waals surface area contributed by atoms with Crippen LogP contribution in [0.2, 0.25) is 0 Å². The number of hydrogen-bond acceptors (Lipinski definition) is 3. The van der Waals surface area contributed by atoms with Crippen LogP contribution in [0.15, 0.2) is 24.3 Å². The van der Waals surface area contributed by atoms with Gasteiger partial charge in [-0.1, -0.05) is 6.07 Å². The van der Waals surface area contributed by atoms with Crippen LogP contribution in [0.25, 0.3) is 0 Å². The van der Waals surface area contributed by atoms with Crippen molar-refractivity contribution in [3.63, 3.8) is 0 Å². The predicted molar refractivity (Wildman–Crippen MR) is 69.1 cm³/mol. The Morgan fingerprint density at radius 3 is 3.11 bits per heavy atom. The summed E-state index contributed by atoms with van der Waals surface area (Å²) in [5.41, 5.74) is 1.10. The van der Waals surface area contributed by atoms with E-state index in [2.05, 4.69) is 11.4 Å². The first kappa shape index (κ1) is 12.6. The maximum atomic E-state index is 12.2. The molecule has 0 aliphatic carbocycles. The van der Waals surface area contributed by atoms with Gasteiger partial charge in [-0.2, -0.15) is 5.26 Å². The van der Waals surface area contributed by atoms with Gasteiger partial charge in [-0.15, -0.1) is 0 Å². The van der Waals surface area contributed by atoms with Gasteiger partial charge in [0.15, 0.2) is 0 Å². The number of hydrogen-bond donors (Lipinski definition) is 1. The minimum Gasteiger partial charge on any atom is -0.340 e. The van der Waals surface area contributed by atoms with Crippen molar-refractivity contribution in [1.29, 1.82) is 5.26 Å². The van der Waals surface area contributed by atoms with Crippen molar-refractivity contribution >= 4 is 5.91 Å². The highest BCUT2D eigenvalue weighted by Gasteiger charge is 2.19. The summed E-state index contributed by atoms with van der Waals surface area (Å²) in [5, 5.41) is 12.2. The molecule has 0 aromatic heterocycles. The minimum atomic E-state index is -0.0270. The second-order valence-corrected chi connectivity index (χ2v) is 4.67. The van der Waals surface area contributed by atoms with Gasteiger partial charge >= 0.3 is 0 Å². The Kier molecular flexibility index (Phi) is 3.96. The van der Waals surface area contributed by atoms with Crippen LogP contribution in [0.5, 0.6) is 0 Å². The predicted octanol–water partition coefficient (Wildman–Crippen LogP) is 1.38. The van der Waals surface area contributed by atoms with Crippen molar-refractivity contribution in [2.75, 3.05) is 20.1 Å². The number of nitrogens with one attached hydrogen (secondary N) is 1. The Morgan fingerprint density at radius 2 is 2.44 bits per heavy atom. The molecule has 1 N–H and O–H groups in total. The van der Waals surface area contributed by atoms with Crippen LogP contribution in [0.4, 0.5) is 0 Å². The second kappa shape index (κ2) is 5.65. The number of carbonyl (C=O) groups excluding carboxylic acids is 1. The van der Waals surface area contributed by atoms with Gasteiger partial charge < -0.3 is 10.2 Å². The van der Waals surface area contributed by atoms with Crippen molar-refractivity contribution in [1.82, 2.24) is 10.2 Å². The standard InChI is InChI=1S/C14H17N3O/c1-17(10-13-6-3-7-16-13)14(18)12-5-2-4-11(8-12)9-15/h2,4-5,8,13,16H,3,6-7,10H2,1H3. The fourth-order valence-electron chi connectivity index (χ4n) is 2.27. The van der Waals surface area contributed by atoms with Crippen LogP contribution in [-0.4, -0.2) is 37.0 Å². The Balaban J connectivity index is 2.03. The Morgan fingerprint density at radius 1 is 1.61 bits per heavy atom. The molecule has 18 heavy (non-hydrogen) atoms. The van der Waals surface area contributed by atoms with Gasteiger partial charge in [0.1, 0.15) is 0 Å². The number of nitriles is 1. The van der Waals surface area contributed by atoms with Gasteiger partial charge in [0.25, 0.3) is 5.91 Å². The van der Waals surface area contributed by atoms with Crippen LogP contribution in [0, 0.1) is 11.3 Å². The van der Waals surface area contributed by atoms with E-state index in [1.54, 1.807) is 36.2 Å². The first-order valence-corrected chi connectivity index (χ1v) is 6.19. The Labute approximate surface area is 107 Å². The molecule has 1 unspecified atom stereocenters. The lowest BCUT2D eigenvalue weighted by atomic mass is 10.1. The lowest BCUT2D eigenvalue weighted by molar-refractivity contribution is 0.0784. The number of likely N-dealkylation sites (N-methyl/N-ethyl adjacent to an activating group) is 1. The molecule has 2 rings (SSSR count). The van der Waals surface area contributed by atoms with E-state index in [9.17, 15) is 4.79 Å². The van der Waals surface area contributed by atoms with Gasteiger partial charge in [-0.05, 0) is 37.6 Å². The van der Waals surface area contributed by atoms with E-state index in [0.717, 1.165) is 19.5 Å². The number of benzene rings is 1. The molecule has 1 atom stereocenters. The van der Waals surface area contributed by atoms with Gasteiger partial charge in [-0.25, -0.2) is 0 Å². The quantitative estimate of drug-likeness (QED) is 0.872. The van der Waals surface area contributed by atoms with Gasteiger partial charge in [0.05, 0.1) is 11.6 Å².